The smallest absolute Gasteiger partial charge is 0.306 e. The van der Waals surface area contributed by atoms with Crippen molar-refractivity contribution in [3.63, 3.8) is 0 Å². The first-order chi connectivity index (χ1) is 38.0. The molecule has 0 aromatic heterocycles. The van der Waals surface area contributed by atoms with Crippen molar-refractivity contribution < 1.29 is 28.6 Å². The first kappa shape index (κ1) is 74.1. The van der Waals surface area contributed by atoms with Gasteiger partial charge < -0.3 is 14.2 Å². The predicted octanol–water partition coefficient (Wildman–Crippen LogP) is 23.1. The van der Waals surface area contributed by atoms with Gasteiger partial charge in [0.15, 0.2) is 6.10 Å². The molecular formula is C71H128O6. The van der Waals surface area contributed by atoms with Gasteiger partial charge in [0.25, 0.3) is 0 Å². The first-order valence-corrected chi connectivity index (χ1v) is 33.8. The summed E-state index contributed by atoms with van der Waals surface area (Å²) < 4.78 is 16.9. The van der Waals surface area contributed by atoms with Gasteiger partial charge in [0, 0.05) is 19.3 Å². The number of hydrogen-bond donors (Lipinski definition) is 0. The van der Waals surface area contributed by atoms with Gasteiger partial charge in [0.1, 0.15) is 13.2 Å². The van der Waals surface area contributed by atoms with Crippen molar-refractivity contribution in [3.05, 3.63) is 60.8 Å². The van der Waals surface area contributed by atoms with Gasteiger partial charge in [-0.1, -0.05) is 313 Å². The maximum absolute atomic E-state index is 12.9. The average molecular weight is 1080 g/mol. The molecule has 0 aromatic rings. The molecule has 0 heterocycles. The molecule has 0 saturated heterocycles. The molecule has 1 atom stereocenters. The van der Waals surface area contributed by atoms with E-state index >= 15 is 0 Å². The average Bonchev–Trinajstić information content (AvgIpc) is 3.43. The highest BCUT2D eigenvalue weighted by molar-refractivity contribution is 5.71. The summed E-state index contributed by atoms with van der Waals surface area (Å²) in [6, 6.07) is 0. The fourth-order valence-electron chi connectivity index (χ4n) is 9.96. The quantitative estimate of drug-likeness (QED) is 0.0261. The summed E-state index contributed by atoms with van der Waals surface area (Å²) in [7, 11) is 0. The molecule has 6 heteroatoms. The van der Waals surface area contributed by atoms with E-state index in [0.29, 0.717) is 19.3 Å². The highest BCUT2D eigenvalue weighted by Gasteiger charge is 2.19. The molecule has 1 unspecified atom stereocenters. The van der Waals surface area contributed by atoms with Crippen LogP contribution in [-0.2, 0) is 28.6 Å². The van der Waals surface area contributed by atoms with E-state index in [0.717, 1.165) is 103 Å². The Morgan fingerprint density at radius 3 is 0.805 bits per heavy atom. The molecule has 0 N–H and O–H groups in total. The fourth-order valence-corrected chi connectivity index (χ4v) is 9.96. The van der Waals surface area contributed by atoms with Crippen LogP contribution in [0.5, 0.6) is 0 Å². The molecule has 6 nitrogen and oxygen atoms in total. The minimum absolute atomic E-state index is 0.0836. The first-order valence-electron chi connectivity index (χ1n) is 33.8. The largest absolute Gasteiger partial charge is 0.462 e. The molecule has 0 aliphatic heterocycles. The van der Waals surface area contributed by atoms with Gasteiger partial charge in [-0.05, 0) is 83.5 Å². The van der Waals surface area contributed by atoms with E-state index in [1.165, 1.54) is 212 Å². The van der Waals surface area contributed by atoms with Crippen LogP contribution in [0.4, 0.5) is 0 Å². The molecule has 0 aliphatic carbocycles. The van der Waals surface area contributed by atoms with Crippen LogP contribution >= 0.6 is 0 Å². The van der Waals surface area contributed by atoms with Gasteiger partial charge in [0.2, 0.25) is 0 Å². The van der Waals surface area contributed by atoms with E-state index in [4.69, 9.17) is 14.2 Å². The Labute approximate surface area is 479 Å². The molecule has 0 aromatic carbocycles. The van der Waals surface area contributed by atoms with Gasteiger partial charge in [0.05, 0.1) is 0 Å². The van der Waals surface area contributed by atoms with Crippen LogP contribution in [0.25, 0.3) is 0 Å². The fraction of sp³-hybridized carbons (Fsp3) is 0.817. The third-order valence-corrected chi connectivity index (χ3v) is 15.0. The summed E-state index contributed by atoms with van der Waals surface area (Å²) in [5.41, 5.74) is 0. The monoisotopic (exact) mass is 1080 g/mol. The third-order valence-electron chi connectivity index (χ3n) is 15.0. The molecule has 0 aliphatic rings. The maximum Gasteiger partial charge on any atom is 0.306 e. The summed E-state index contributed by atoms with van der Waals surface area (Å²) in [5.74, 6) is -0.896. The second kappa shape index (κ2) is 65.6. The molecule has 0 amide bonds. The van der Waals surface area contributed by atoms with Crippen molar-refractivity contribution in [1.29, 1.82) is 0 Å². The van der Waals surface area contributed by atoms with Crippen molar-refractivity contribution in [2.45, 2.75) is 361 Å². The van der Waals surface area contributed by atoms with Crippen molar-refractivity contribution in [3.8, 4) is 0 Å². The van der Waals surface area contributed by atoms with E-state index in [9.17, 15) is 14.4 Å². The Morgan fingerprint density at radius 1 is 0.273 bits per heavy atom. The summed E-state index contributed by atoms with van der Waals surface area (Å²) in [5, 5.41) is 0. The zero-order valence-corrected chi connectivity index (χ0v) is 51.5. The lowest BCUT2D eigenvalue weighted by Crippen LogP contribution is -2.30. The molecule has 0 radical (unpaired) electrons. The summed E-state index contributed by atoms with van der Waals surface area (Å²) in [6.07, 6.45) is 83.9. The Balaban J connectivity index is 4.29. The van der Waals surface area contributed by atoms with Crippen LogP contribution in [0.1, 0.15) is 355 Å². The molecule has 0 bridgehead atoms. The van der Waals surface area contributed by atoms with Gasteiger partial charge in [-0.3, -0.25) is 14.4 Å². The van der Waals surface area contributed by atoms with E-state index in [-0.39, 0.29) is 31.1 Å². The van der Waals surface area contributed by atoms with E-state index in [1.54, 1.807) is 0 Å². The molecule has 0 rings (SSSR count). The van der Waals surface area contributed by atoms with E-state index in [1.807, 2.05) is 0 Å². The number of allylic oxidation sites excluding steroid dienone is 10. The van der Waals surface area contributed by atoms with Crippen LogP contribution in [0.3, 0.4) is 0 Å². The van der Waals surface area contributed by atoms with Crippen molar-refractivity contribution in [1.82, 2.24) is 0 Å². The van der Waals surface area contributed by atoms with Gasteiger partial charge in [-0.2, -0.15) is 0 Å². The topological polar surface area (TPSA) is 78.9 Å². The number of rotatable bonds is 62. The second-order valence-corrected chi connectivity index (χ2v) is 22.7. The normalized spacial score (nSPS) is 12.4. The van der Waals surface area contributed by atoms with Crippen LogP contribution < -0.4 is 0 Å². The second-order valence-electron chi connectivity index (χ2n) is 22.7. The highest BCUT2D eigenvalue weighted by Crippen LogP contribution is 2.18. The number of hydrogen-bond acceptors (Lipinski definition) is 6. The summed E-state index contributed by atoms with van der Waals surface area (Å²) in [6.45, 7) is 6.55. The lowest BCUT2D eigenvalue weighted by Gasteiger charge is -2.18. The predicted molar refractivity (Wildman–Crippen MR) is 335 cm³/mol. The molecule has 77 heavy (non-hydrogen) atoms. The number of carbonyl (C=O) groups excluding carboxylic acids is 3. The number of carbonyl (C=O) groups is 3. The number of esters is 3. The zero-order chi connectivity index (χ0) is 55.7. The van der Waals surface area contributed by atoms with Crippen LogP contribution in [0, 0.1) is 0 Å². The Morgan fingerprint density at radius 2 is 0.506 bits per heavy atom. The molecule has 0 saturated carbocycles. The van der Waals surface area contributed by atoms with E-state index in [2.05, 4.69) is 81.5 Å². The lowest BCUT2D eigenvalue weighted by molar-refractivity contribution is -0.167. The van der Waals surface area contributed by atoms with E-state index < -0.39 is 6.10 Å². The van der Waals surface area contributed by atoms with Gasteiger partial charge >= 0.3 is 17.9 Å². The highest BCUT2D eigenvalue weighted by atomic mass is 16.6. The number of unbranched alkanes of at least 4 members (excludes halogenated alkanes) is 41. The Bertz CT molecular complexity index is 1380. The minimum atomic E-state index is -0.790. The summed E-state index contributed by atoms with van der Waals surface area (Å²) >= 11 is 0. The Hall–Kier alpha value is -2.89. The van der Waals surface area contributed by atoms with Gasteiger partial charge in [-0.15, -0.1) is 0 Å². The van der Waals surface area contributed by atoms with Crippen molar-refractivity contribution in [2.24, 2.45) is 0 Å². The van der Waals surface area contributed by atoms with Crippen molar-refractivity contribution in [2.75, 3.05) is 13.2 Å². The summed E-state index contributed by atoms with van der Waals surface area (Å²) in [4.78, 5) is 38.4. The molecule has 0 spiro atoms. The van der Waals surface area contributed by atoms with Crippen molar-refractivity contribution >= 4 is 17.9 Å². The minimum Gasteiger partial charge on any atom is -0.462 e. The molecule has 448 valence electrons. The lowest BCUT2D eigenvalue weighted by atomic mass is 10.0. The SMILES string of the molecule is CC/C=C\C/C=C\C/C=C\C/C=C\CCCCCCC(=O)OC(COC(=O)CCCCCCC/C=C\CCCCCCCCC)COC(=O)CCCCCCCCCCCCCCCCCCCCCCCCCCCC. The number of ether oxygens (including phenoxy) is 3. The molecular weight excluding hydrogens is 949 g/mol. The molecule has 0 fully saturated rings. The van der Waals surface area contributed by atoms with Crippen LogP contribution in [0.2, 0.25) is 0 Å². The van der Waals surface area contributed by atoms with Crippen LogP contribution in [-0.4, -0.2) is 37.2 Å². The Kier molecular flexibility index (Phi) is 63.2. The van der Waals surface area contributed by atoms with Gasteiger partial charge in [-0.25, -0.2) is 0 Å². The third kappa shape index (κ3) is 63.8. The zero-order valence-electron chi connectivity index (χ0n) is 51.5. The van der Waals surface area contributed by atoms with Crippen LogP contribution in [0.15, 0.2) is 60.8 Å². The maximum atomic E-state index is 12.9. The standard InChI is InChI=1S/C71H128O6/c1-4-7-10-13-16-19-22-25-28-31-32-33-34-35-36-37-38-39-41-43-46-49-52-55-58-61-64-70(73)76-67-68(66-75-69(72)63-60-57-54-51-48-45-42-30-27-24-21-18-15-12-9-6-3)77-71(74)65-62-59-56-53-50-47-44-40-29-26-23-20-17-14-11-8-5-2/h8,11,17,20,26,29-30,42,44,47,68H,4-7,9-10,12-16,18-19,21-25,27-28,31-41,43,45-46,48-67H2,1-3H3/b11-8-,20-17-,29-26-,42-30-,47-44-.